The van der Waals surface area contributed by atoms with Crippen LogP contribution in [0.1, 0.15) is 30.9 Å². The van der Waals surface area contributed by atoms with E-state index in [1.807, 2.05) is 0 Å². The molecule has 30 heavy (non-hydrogen) atoms. The zero-order valence-corrected chi connectivity index (χ0v) is 16.8. The van der Waals surface area contributed by atoms with Crippen molar-refractivity contribution in [2.24, 2.45) is 0 Å². The summed E-state index contributed by atoms with van der Waals surface area (Å²) < 4.78 is 42.7. The lowest BCUT2D eigenvalue weighted by Crippen LogP contribution is -2.23. The van der Waals surface area contributed by atoms with Gasteiger partial charge in [-0.2, -0.15) is 0 Å². The highest BCUT2D eigenvalue weighted by molar-refractivity contribution is 6.35. The molecule has 0 atom stereocenters. The summed E-state index contributed by atoms with van der Waals surface area (Å²) in [4.78, 5) is 13.9. The number of Topliss-reactive ketones (excluding diaryl/α,β-unsaturated/α-hetero) is 1. The first-order valence-electron chi connectivity index (χ1n) is 9.02. The predicted molar refractivity (Wildman–Crippen MR) is 112 cm³/mol. The molecule has 5 N–H and O–H groups in total. The van der Waals surface area contributed by atoms with Crippen LogP contribution in [-0.4, -0.2) is 10.9 Å². The number of halogens is 4. The molecule has 1 aliphatic rings. The van der Waals surface area contributed by atoms with Crippen LogP contribution in [-0.2, 0) is 11.4 Å². The van der Waals surface area contributed by atoms with E-state index >= 15 is 0 Å². The van der Waals surface area contributed by atoms with E-state index in [4.69, 9.17) is 23.1 Å². The summed E-state index contributed by atoms with van der Waals surface area (Å²) in [6.07, 6.45) is 2.04. The van der Waals surface area contributed by atoms with Gasteiger partial charge in [-0.05, 0) is 24.1 Å². The van der Waals surface area contributed by atoms with Crippen molar-refractivity contribution in [3.63, 3.8) is 0 Å². The molecule has 2 aromatic carbocycles. The number of nitrogens with two attached hydrogens (primary N) is 2. The first kappa shape index (κ1) is 21.7. The summed E-state index contributed by atoms with van der Waals surface area (Å²) >= 11 is 6.12. The Hall–Kier alpha value is -2.97. The van der Waals surface area contributed by atoms with E-state index in [-0.39, 0.29) is 51.5 Å². The number of nitrogen functional groups attached to an aromatic ring is 2. The number of carbonyl (C=O) groups excluding carboxylic acids is 1. The zero-order chi connectivity index (χ0) is 22.3. The van der Waals surface area contributed by atoms with Crippen LogP contribution < -0.4 is 16.4 Å². The number of allylic oxidation sites excluding steroid dienone is 2. The minimum atomic E-state index is -1.39. The van der Waals surface area contributed by atoms with Gasteiger partial charge in [0, 0.05) is 29.3 Å². The maximum atomic E-state index is 14.4. The lowest BCUT2D eigenvalue weighted by molar-refractivity contribution is -0.115. The third kappa shape index (κ3) is 3.32. The summed E-state index contributed by atoms with van der Waals surface area (Å²) in [6, 6.07) is 2.21. The Labute approximate surface area is 176 Å². The van der Waals surface area contributed by atoms with Crippen LogP contribution in [0.4, 0.5) is 35.9 Å². The third-order valence-corrected chi connectivity index (χ3v) is 5.21. The molecule has 1 aliphatic heterocycles. The van der Waals surface area contributed by atoms with Gasteiger partial charge >= 0.3 is 0 Å². The Morgan fingerprint density at radius 3 is 2.50 bits per heavy atom. The molecule has 158 valence electrons. The van der Waals surface area contributed by atoms with Gasteiger partial charge < -0.3 is 21.5 Å². The van der Waals surface area contributed by atoms with E-state index in [0.717, 1.165) is 6.07 Å². The smallest absolute Gasteiger partial charge is 0.184 e. The highest BCUT2D eigenvalue weighted by Crippen LogP contribution is 2.50. The van der Waals surface area contributed by atoms with Gasteiger partial charge in [0.2, 0.25) is 0 Å². The fourth-order valence-electron chi connectivity index (χ4n) is 3.37. The van der Waals surface area contributed by atoms with E-state index in [1.165, 1.54) is 17.2 Å². The van der Waals surface area contributed by atoms with Gasteiger partial charge in [-0.25, -0.2) is 13.2 Å². The van der Waals surface area contributed by atoms with Crippen molar-refractivity contribution < 1.29 is 23.1 Å². The van der Waals surface area contributed by atoms with Crippen LogP contribution in [0.3, 0.4) is 0 Å². The normalized spacial score (nSPS) is 13.3. The number of carbonyl (C=O) groups is 1. The van der Waals surface area contributed by atoms with Crippen LogP contribution >= 0.6 is 11.6 Å². The Balaban J connectivity index is 2.41. The summed E-state index contributed by atoms with van der Waals surface area (Å²) in [5, 5.41) is 9.11. The molecule has 0 aromatic heterocycles. The van der Waals surface area contributed by atoms with Crippen molar-refractivity contribution >= 4 is 45.7 Å². The van der Waals surface area contributed by atoms with E-state index in [2.05, 4.69) is 6.58 Å². The third-order valence-electron chi connectivity index (χ3n) is 4.87. The second-order valence-corrected chi connectivity index (χ2v) is 7.18. The van der Waals surface area contributed by atoms with Crippen LogP contribution in [0.5, 0.6) is 0 Å². The predicted octanol–water partition coefficient (Wildman–Crippen LogP) is 4.83. The molecule has 0 radical (unpaired) electrons. The number of rotatable bonds is 5. The number of nitrogens with zero attached hydrogens (tertiary/aromatic N) is 1. The van der Waals surface area contributed by atoms with Gasteiger partial charge in [0.1, 0.15) is 10.8 Å². The van der Waals surface area contributed by atoms with Crippen molar-refractivity contribution in [3.8, 4) is 0 Å². The minimum absolute atomic E-state index is 0.0624. The van der Waals surface area contributed by atoms with Crippen LogP contribution in [0.2, 0.25) is 5.02 Å². The fourth-order valence-corrected chi connectivity index (χ4v) is 3.63. The first-order chi connectivity index (χ1) is 14.1. The molecule has 2 aromatic rings. The molecular weight excluding hydrogens is 419 g/mol. The highest BCUT2D eigenvalue weighted by atomic mass is 35.5. The fraction of sp³-hybridized carbons (Fsp3) is 0.190. The number of anilines is 4. The number of hydrogen-bond donors (Lipinski definition) is 3. The van der Waals surface area contributed by atoms with Crippen LogP contribution in [0.15, 0.2) is 30.5 Å². The van der Waals surface area contributed by atoms with Crippen molar-refractivity contribution in [2.75, 3.05) is 16.4 Å². The highest BCUT2D eigenvalue weighted by Gasteiger charge is 2.34. The Morgan fingerprint density at radius 2 is 1.90 bits per heavy atom. The molecule has 0 fully saturated rings. The number of fused-ring (bicyclic) bond motifs is 1. The molecule has 0 bridgehead atoms. The van der Waals surface area contributed by atoms with Gasteiger partial charge in [0.25, 0.3) is 0 Å². The molecule has 9 heteroatoms. The Kier molecular flexibility index (Phi) is 5.83. The largest absolute Gasteiger partial charge is 0.396 e. The molecule has 1 heterocycles. The maximum absolute atomic E-state index is 14.4. The SMILES string of the molecule is C=C1C(C(=O)CCC)=CN(c2cc(N)c(F)cc2CO)c2c(Cl)c(F)c(F)c(N)c21. The number of hydrogen-bond acceptors (Lipinski definition) is 5. The van der Waals surface area contributed by atoms with Crippen LogP contribution in [0.25, 0.3) is 5.57 Å². The van der Waals surface area contributed by atoms with E-state index in [1.54, 1.807) is 6.92 Å². The summed E-state index contributed by atoms with van der Waals surface area (Å²) in [5.41, 5.74) is 10.9. The Morgan fingerprint density at radius 1 is 1.23 bits per heavy atom. The number of aliphatic hydroxyl groups excluding tert-OH is 1. The summed E-state index contributed by atoms with van der Waals surface area (Å²) in [5.74, 6) is -3.83. The van der Waals surface area contributed by atoms with Gasteiger partial charge in [-0.15, -0.1) is 0 Å². The molecule has 0 unspecified atom stereocenters. The second kappa shape index (κ2) is 8.04. The molecule has 5 nitrogen and oxygen atoms in total. The molecule has 0 spiro atoms. The lowest BCUT2D eigenvalue weighted by atomic mass is 9.88. The van der Waals surface area contributed by atoms with Crippen molar-refractivity contribution in [1.29, 1.82) is 0 Å². The maximum Gasteiger partial charge on any atom is 0.184 e. The Bertz CT molecular complexity index is 1120. The second-order valence-electron chi connectivity index (χ2n) is 6.80. The zero-order valence-electron chi connectivity index (χ0n) is 16.0. The van der Waals surface area contributed by atoms with Gasteiger partial charge in [-0.3, -0.25) is 4.79 Å². The quantitative estimate of drug-likeness (QED) is 0.460. The van der Waals surface area contributed by atoms with Gasteiger partial charge in [-0.1, -0.05) is 25.1 Å². The number of benzene rings is 2. The number of ketones is 1. The molecule has 0 saturated heterocycles. The minimum Gasteiger partial charge on any atom is -0.396 e. The first-order valence-corrected chi connectivity index (χ1v) is 9.40. The van der Waals surface area contributed by atoms with E-state index < -0.39 is 34.8 Å². The molecule has 0 saturated carbocycles. The lowest BCUT2D eigenvalue weighted by Gasteiger charge is -2.33. The van der Waals surface area contributed by atoms with Crippen LogP contribution in [0, 0.1) is 17.5 Å². The molecule has 0 amide bonds. The average molecular weight is 438 g/mol. The van der Waals surface area contributed by atoms with Crippen molar-refractivity contribution in [3.05, 3.63) is 64.1 Å². The molecule has 3 rings (SSSR count). The van der Waals surface area contributed by atoms with E-state index in [9.17, 15) is 23.1 Å². The van der Waals surface area contributed by atoms with E-state index in [0.29, 0.717) is 6.42 Å². The summed E-state index contributed by atoms with van der Waals surface area (Å²) in [6.45, 7) is 5.05. The molecular formula is C21H19ClF3N3O2. The number of aliphatic hydroxyl groups is 1. The monoisotopic (exact) mass is 437 g/mol. The standard InChI is InChI=1S/C21H19ClF3N3O2/c1-3-4-15(30)11-7-28(14-6-13(26)12(23)5-10(14)8-29)21-16(9(11)2)20(27)19(25)18(24)17(21)22/h5-7,29H,2-4,8,26-27H2,1H3. The van der Waals surface area contributed by atoms with Gasteiger partial charge in [0.05, 0.1) is 29.4 Å². The van der Waals surface area contributed by atoms with Gasteiger partial charge in [0.15, 0.2) is 17.4 Å². The topological polar surface area (TPSA) is 92.6 Å². The van der Waals surface area contributed by atoms with Crippen molar-refractivity contribution in [1.82, 2.24) is 0 Å². The summed E-state index contributed by atoms with van der Waals surface area (Å²) in [7, 11) is 0. The average Bonchev–Trinajstić information content (AvgIpc) is 2.72. The van der Waals surface area contributed by atoms with Crippen molar-refractivity contribution in [2.45, 2.75) is 26.4 Å². The molecule has 0 aliphatic carbocycles.